The molecule has 0 unspecified atom stereocenters. The maximum atomic E-state index is 14.4. The van der Waals surface area contributed by atoms with Gasteiger partial charge in [0.05, 0.1) is 113 Å². The molecule has 9 aromatic rings. The van der Waals surface area contributed by atoms with Crippen LogP contribution in [0.3, 0.4) is 0 Å². The van der Waals surface area contributed by atoms with Crippen molar-refractivity contribution < 1.29 is 60.6 Å². The predicted octanol–water partition coefficient (Wildman–Crippen LogP) is 15.8. The molecule has 4 aliphatic heterocycles. The summed E-state index contributed by atoms with van der Waals surface area (Å²) in [6.07, 6.45) is 8.22. The lowest BCUT2D eigenvalue weighted by Gasteiger charge is -2.14. The summed E-state index contributed by atoms with van der Waals surface area (Å²) in [4.78, 5) is 23.3. The van der Waals surface area contributed by atoms with Crippen LogP contribution >= 0.6 is 47.8 Å². The highest BCUT2D eigenvalue weighted by molar-refractivity contribution is 9.11. The summed E-state index contributed by atoms with van der Waals surface area (Å²) >= 11 is 10.5. The van der Waals surface area contributed by atoms with Gasteiger partial charge in [-0.15, -0.1) is 0 Å². The number of hydrogen-bond acceptors (Lipinski definition) is 14. The average Bonchev–Trinajstić information content (AvgIpc) is 1.63. The van der Waals surface area contributed by atoms with E-state index in [9.17, 15) is 22.7 Å². The standard InChI is InChI=1S/C25H28FN3O2.C18H20BrFN2O2.C16H18BrFN2O3.C14H14BrFN2O2/c1-15-10-20(11-16(2)27-15)24-22-8-9-30-17(3)13-29(22)25(28-24)19-6-7-21(26)23(12-19)31-14-18-4-5-18;1-11-9-22-15(6-7-23-11)17(19)21-18(22)13-4-5-14(20)16(8-13)24-10-12-2-3-12;1-10-8-20-13(5-6-22-10)15(17)19-16(20)11-3-4-12(18)14(7-11)23-9-21-2;1-8-7-18-11(4-5-20-8)13(15)17-14(18)9-2-3-10(16)12(19)6-9/h6-7,10-12,17-18H,4-5,8-9,13-14H2,1-3H3;4-5,8,11-12H,2-3,6-7,9-10H2,1H3;3-4,7,10H,5-6,8-9H2,1-2H3;2-3,6,8,19H,4-5,7H2,1H3/t17-;11-;10-;8-/m1111/s1. The molecule has 98 heavy (non-hydrogen) atoms. The summed E-state index contributed by atoms with van der Waals surface area (Å²) in [7, 11) is 1.49. The van der Waals surface area contributed by atoms with Crippen molar-refractivity contribution >= 4 is 47.8 Å². The third-order valence-corrected chi connectivity index (χ3v) is 19.6. The number of ether oxygens (including phenoxy) is 8. The zero-order valence-electron chi connectivity index (χ0n) is 55.9. The summed E-state index contributed by atoms with van der Waals surface area (Å²) < 4.78 is 111. The highest BCUT2D eigenvalue weighted by Gasteiger charge is 2.30. The number of hydrogen-bond donors (Lipinski definition) is 1. The molecule has 1 N–H and O–H groups in total. The van der Waals surface area contributed by atoms with Crippen LogP contribution in [-0.2, 0) is 75.5 Å². The van der Waals surface area contributed by atoms with Gasteiger partial charge in [0.15, 0.2) is 53.1 Å². The largest absolute Gasteiger partial charge is 0.505 e. The van der Waals surface area contributed by atoms with Gasteiger partial charge in [0.25, 0.3) is 0 Å². The van der Waals surface area contributed by atoms with Crippen molar-refractivity contribution in [1.29, 1.82) is 0 Å². The number of pyridine rings is 1. The van der Waals surface area contributed by atoms with Gasteiger partial charge >= 0.3 is 0 Å². The Labute approximate surface area is 592 Å². The number of aromatic hydroxyl groups is 1. The van der Waals surface area contributed by atoms with Crippen molar-refractivity contribution in [2.24, 2.45) is 11.8 Å². The molecule has 15 rings (SSSR count). The van der Waals surface area contributed by atoms with Gasteiger partial charge in [-0.25, -0.2) is 37.5 Å². The molecule has 0 spiro atoms. The van der Waals surface area contributed by atoms with Gasteiger partial charge < -0.3 is 61.3 Å². The van der Waals surface area contributed by atoms with Crippen molar-refractivity contribution in [3.63, 3.8) is 0 Å². The Balaban J connectivity index is 0.000000126. The molecule has 25 heteroatoms. The maximum Gasteiger partial charge on any atom is 0.188 e. The van der Waals surface area contributed by atoms with E-state index in [0.717, 1.165) is 126 Å². The van der Waals surface area contributed by atoms with Crippen LogP contribution in [0.1, 0.15) is 87.5 Å². The first kappa shape index (κ1) is 70.9. The SMILES string of the molecule is COCOc1cc(-c2nc(Br)c3n2C[C@@H](C)OCC3)ccc1F.C[C@@H]1Cn2c(-c3ccc(F)c(O)c3)nc(Br)c2CCO1.C[C@@H]1Cn2c(-c3ccc(F)c(OCC4CC4)c3)nc(Br)c2CCO1.Cc1cc(-c2nc(-c3ccc(F)c(OCC4CC4)c3)n3c2CCO[C@H](C)C3)cc(C)n1. The summed E-state index contributed by atoms with van der Waals surface area (Å²) in [5.41, 5.74) is 11.6. The van der Waals surface area contributed by atoms with Gasteiger partial charge in [-0.05, 0) is 212 Å². The second-order valence-corrected chi connectivity index (χ2v) is 28.0. The molecule has 4 atom stereocenters. The Kier molecular flexibility index (Phi) is 22.9. The molecule has 0 amide bonds. The molecule has 520 valence electrons. The van der Waals surface area contributed by atoms with E-state index in [1.54, 1.807) is 42.5 Å². The fourth-order valence-electron chi connectivity index (χ4n) is 12.4. The van der Waals surface area contributed by atoms with Crippen LogP contribution in [0.5, 0.6) is 23.0 Å². The quantitative estimate of drug-likeness (QED) is 0.0803. The van der Waals surface area contributed by atoms with Crippen LogP contribution in [0.15, 0.2) is 98.7 Å². The van der Waals surface area contributed by atoms with Crippen molar-refractivity contribution in [2.45, 2.75) is 144 Å². The van der Waals surface area contributed by atoms with Gasteiger partial charge in [-0.2, -0.15) is 0 Å². The number of benzene rings is 4. The van der Waals surface area contributed by atoms with Gasteiger partial charge in [0, 0.05) is 77.7 Å². The van der Waals surface area contributed by atoms with Crippen LogP contribution < -0.4 is 14.2 Å². The topological polar surface area (TPSA) is 178 Å². The number of fused-ring (bicyclic) bond motifs is 4. The average molecular weight is 1540 g/mol. The van der Waals surface area contributed by atoms with Crippen LogP contribution in [0, 0.1) is 49.0 Å². The normalized spacial score (nSPS) is 18.8. The molecular weight excluding hydrogens is 1460 g/mol. The van der Waals surface area contributed by atoms with Crippen LogP contribution in [0.2, 0.25) is 0 Å². The molecule has 18 nitrogen and oxygen atoms in total. The molecular formula is C73H80Br3F4N9O9. The van der Waals surface area contributed by atoms with E-state index in [-0.39, 0.29) is 54.3 Å². The van der Waals surface area contributed by atoms with Gasteiger partial charge in [-0.3, -0.25) is 4.98 Å². The van der Waals surface area contributed by atoms with Gasteiger partial charge in [0.1, 0.15) is 37.1 Å². The van der Waals surface area contributed by atoms with Crippen molar-refractivity contribution in [3.8, 4) is 79.8 Å². The first-order valence-electron chi connectivity index (χ1n) is 33.3. The zero-order valence-corrected chi connectivity index (χ0v) is 60.6. The summed E-state index contributed by atoms with van der Waals surface area (Å²) in [6.45, 7) is 18.8. The fraction of sp³-hybridized carbons (Fsp3) is 0.438. The molecule has 0 bridgehead atoms. The molecule has 2 fully saturated rings. The molecule has 0 saturated heterocycles. The van der Waals surface area contributed by atoms with E-state index in [1.165, 1.54) is 63.1 Å². The molecule has 6 aliphatic rings. The van der Waals surface area contributed by atoms with Gasteiger partial charge in [-0.1, -0.05) is 0 Å². The highest BCUT2D eigenvalue weighted by Crippen LogP contribution is 2.39. The minimum atomic E-state index is -0.632. The number of aromatic nitrogens is 9. The Morgan fingerprint density at radius 2 is 0.776 bits per heavy atom. The molecule has 4 aromatic carbocycles. The monoisotopic (exact) mass is 1540 g/mol. The number of nitrogens with zero attached hydrogens (tertiary/aromatic N) is 9. The Hall–Kier alpha value is -6.97. The predicted molar refractivity (Wildman–Crippen MR) is 373 cm³/mol. The number of rotatable bonds is 14. The summed E-state index contributed by atoms with van der Waals surface area (Å²) in [5.74, 6) is 2.96. The van der Waals surface area contributed by atoms with E-state index in [1.807, 2.05) is 27.7 Å². The summed E-state index contributed by atoms with van der Waals surface area (Å²) in [6, 6.07) is 23.2. The molecule has 0 radical (unpaired) electrons. The lowest BCUT2D eigenvalue weighted by Crippen LogP contribution is -2.15. The van der Waals surface area contributed by atoms with Crippen molar-refractivity contribution in [3.05, 3.63) is 156 Å². The van der Waals surface area contributed by atoms with Crippen molar-refractivity contribution in [2.75, 3.05) is 53.5 Å². The Bertz CT molecular complexity index is 4290. The zero-order chi connectivity index (χ0) is 68.9. The van der Waals surface area contributed by atoms with Crippen LogP contribution in [0.25, 0.3) is 56.8 Å². The molecule has 2 saturated carbocycles. The van der Waals surface area contributed by atoms with E-state index < -0.39 is 11.6 Å². The smallest absolute Gasteiger partial charge is 0.188 e. The first-order valence-corrected chi connectivity index (χ1v) is 35.7. The second-order valence-electron chi connectivity index (χ2n) is 25.7. The van der Waals surface area contributed by atoms with E-state index in [2.05, 4.69) is 112 Å². The van der Waals surface area contributed by atoms with E-state index >= 15 is 0 Å². The maximum absolute atomic E-state index is 14.4. The van der Waals surface area contributed by atoms with Crippen LogP contribution in [-0.4, -0.2) is 126 Å². The second kappa shape index (κ2) is 31.7. The number of methoxy groups -OCH3 is 1. The fourth-order valence-corrected chi connectivity index (χ4v) is 14.1. The lowest BCUT2D eigenvalue weighted by atomic mass is 10.1. The molecule has 2 aliphatic carbocycles. The molecule has 5 aromatic heterocycles. The van der Waals surface area contributed by atoms with E-state index in [0.29, 0.717) is 94.0 Å². The lowest BCUT2D eigenvalue weighted by molar-refractivity contribution is 0.0483. The number of aryl methyl sites for hydroxylation is 2. The minimum absolute atomic E-state index is 0.00533. The van der Waals surface area contributed by atoms with Gasteiger partial charge in [0.2, 0.25) is 0 Å². The third kappa shape index (κ3) is 17.1. The number of phenolic OH excluding ortho intramolecular Hbond substituents is 1. The molecule has 9 heterocycles. The van der Waals surface area contributed by atoms with Crippen LogP contribution in [0.4, 0.5) is 17.6 Å². The third-order valence-electron chi connectivity index (χ3n) is 17.7. The minimum Gasteiger partial charge on any atom is -0.505 e. The summed E-state index contributed by atoms with van der Waals surface area (Å²) in [5, 5.41) is 9.53. The van der Waals surface area contributed by atoms with Crippen molar-refractivity contribution in [1.82, 2.24) is 43.2 Å². The highest BCUT2D eigenvalue weighted by atomic mass is 79.9. The van der Waals surface area contributed by atoms with E-state index in [4.69, 9.17) is 42.9 Å². The number of imidazole rings is 4. The first-order chi connectivity index (χ1) is 47.2. The number of halogens is 7. The Morgan fingerprint density at radius 3 is 1.14 bits per heavy atom. The number of phenols is 1. The Morgan fingerprint density at radius 1 is 0.439 bits per heavy atom.